The van der Waals surface area contributed by atoms with Gasteiger partial charge in [-0.3, -0.25) is 0 Å². The number of nitrogens with one attached hydrogen (secondary N) is 1. The van der Waals surface area contributed by atoms with E-state index in [1.165, 1.54) is 31.3 Å². The van der Waals surface area contributed by atoms with E-state index in [2.05, 4.69) is 15.3 Å². The second-order valence-electron chi connectivity index (χ2n) is 6.14. The zero-order valence-corrected chi connectivity index (χ0v) is 14.1. The lowest BCUT2D eigenvalue weighted by Crippen LogP contribution is -2.03. The number of hydrogen-bond donors (Lipinski definition) is 2. The Balaban J connectivity index is 1.66. The third kappa shape index (κ3) is 3.44. The lowest BCUT2D eigenvalue weighted by molar-refractivity contribution is 0.301. The largest absolute Gasteiger partial charge is 0.491 e. The van der Waals surface area contributed by atoms with Crippen LogP contribution in [0.3, 0.4) is 0 Å². The molecule has 2 aromatic carbocycles. The molecule has 0 amide bonds. The highest BCUT2D eigenvalue weighted by atomic mass is 35.5. The first-order valence-electron chi connectivity index (χ1n) is 7.99. The SMILES string of the molecule is Nc1cc2c(Nc3ccc(F)c(Cl)c3)ncnc2cc1OCC1CC1. The summed E-state index contributed by atoms with van der Waals surface area (Å²) < 4.78 is 19.1. The van der Waals surface area contributed by atoms with Gasteiger partial charge < -0.3 is 15.8 Å². The number of nitrogen functional groups attached to an aromatic ring is 1. The van der Waals surface area contributed by atoms with Crippen LogP contribution in [0.15, 0.2) is 36.7 Å². The van der Waals surface area contributed by atoms with Crippen molar-refractivity contribution < 1.29 is 9.13 Å². The molecule has 25 heavy (non-hydrogen) atoms. The van der Waals surface area contributed by atoms with Gasteiger partial charge in [0.15, 0.2) is 0 Å². The number of aromatic nitrogens is 2. The number of hydrogen-bond acceptors (Lipinski definition) is 5. The van der Waals surface area contributed by atoms with E-state index < -0.39 is 5.82 Å². The quantitative estimate of drug-likeness (QED) is 0.655. The minimum atomic E-state index is -0.471. The molecule has 0 aliphatic heterocycles. The summed E-state index contributed by atoms with van der Waals surface area (Å²) in [4.78, 5) is 8.54. The number of halogens is 2. The second-order valence-corrected chi connectivity index (χ2v) is 6.54. The summed E-state index contributed by atoms with van der Waals surface area (Å²) in [6, 6.07) is 7.99. The van der Waals surface area contributed by atoms with Gasteiger partial charge in [0.2, 0.25) is 0 Å². The number of anilines is 3. The molecule has 1 aliphatic carbocycles. The second kappa shape index (κ2) is 6.37. The molecule has 3 aromatic rings. The lowest BCUT2D eigenvalue weighted by atomic mass is 10.2. The van der Waals surface area contributed by atoms with Gasteiger partial charge in [0.05, 0.1) is 22.8 Å². The Labute approximate surface area is 149 Å². The fraction of sp³-hybridized carbons (Fsp3) is 0.222. The van der Waals surface area contributed by atoms with Crippen molar-refractivity contribution in [3.05, 3.63) is 47.5 Å². The summed E-state index contributed by atoms with van der Waals surface area (Å²) in [5, 5.41) is 3.91. The van der Waals surface area contributed by atoms with Gasteiger partial charge in [0.1, 0.15) is 23.7 Å². The van der Waals surface area contributed by atoms with E-state index in [4.69, 9.17) is 22.1 Å². The van der Waals surface area contributed by atoms with Crippen molar-refractivity contribution in [2.45, 2.75) is 12.8 Å². The van der Waals surface area contributed by atoms with Crippen LogP contribution in [-0.4, -0.2) is 16.6 Å². The molecule has 1 aliphatic rings. The topological polar surface area (TPSA) is 73.1 Å². The number of nitrogens with zero attached hydrogens (tertiary/aromatic N) is 2. The first-order valence-corrected chi connectivity index (χ1v) is 8.37. The summed E-state index contributed by atoms with van der Waals surface area (Å²) in [6.07, 6.45) is 3.88. The van der Waals surface area contributed by atoms with Crippen LogP contribution in [-0.2, 0) is 0 Å². The maximum absolute atomic E-state index is 13.3. The van der Waals surface area contributed by atoms with Crippen molar-refractivity contribution in [3.63, 3.8) is 0 Å². The Hall–Kier alpha value is -2.60. The van der Waals surface area contributed by atoms with E-state index >= 15 is 0 Å². The monoisotopic (exact) mass is 358 g/mol. The third-order valence-electron chi connectivity index (χ3n) is 4.12. The Kier molecular flexibility index (Phi) is 4.05. The summed E-state index contributed by atoms with van der Waals surface area (Å²) >= 11 is 5.83. The van der Waals surface area contributed by atoms with Crippen LogP contribution in [0.1, 0.15) is 12.8 Å². The van der Waals surface area contributed by atoms with E-state index in [-0.39, 0.29) is 5.02 Å². The molecular weight excluding hydrogens is 343 g/mol. The van der Waals surface area contributed by atoms with Crippen molar-refractivity contribution in [1.29, 1.82) is 0 Å². The fourth-order valence-electron chi connectivity index (χ4n) is 2.53. The van der Waals surface area contributed by atoms with Crippen LogP contribution in [0, 0.1) is 11.7 Å². The highest BCUT2D eigenvalue weighted by Crippen LogP contribution is 2.34. The van der Waals surface area contributed by atoms with E-state index in [1.54, 1.807) is 12.1 Å². The standard InChI is InChI=1S/C18H16ClFN4O/c19-13-5-11(3-4-14(13)20)24-18-12-6-15(21)17(25-8-10-1-2-10)7-16(12)22-9-23-18/h3-7,9-10H,1-2,8,21H2,(H,22,23,24). The highest BCUT2D eigenvalue weighted by Gasteiger charge is 2.22. The number of nitrogens with two attached hydrogens (primary N) is 1. The fourth-order valence-corrected chi connectivity index (χ4v) is 2.71. The molecule has 1 aromatic heterocycles. The van der Waals surface area contributed by atoms with Crippen molar-refractivity contribution in [1.82, 2.24) is 9.97 Å². The van der Waals surface area contributed by atoms with Crippen molar-refractivity contribution in [2.24, 2.45) is 5.92 Å². The molecule has 0 radical (unpaired) electrons. The molecule has 0 spiro atoms. The van der Waals surface area contributed by atoms with Gasteiger partial charge in [-0.05, 0) is 43.0 Å². The van der Waals surface area contributed by atoms with E-state index in [1.807, 2.05) is 6.07 Å². The molecular formula is C18H16ClFN4O. The van der Waals surface area contributed by atoms with Gasteiger partial charge in [-0.1, -0.05) is 11.6 Å². The molecule has 1 fully saturated rings. The van der Waals surface area contributed by atoms with Crippen molar-refractivity contribution in [2.75, 3.05) is 17.7 Å². The van der Waals surface area contributed by atoms with Crippen molar-refractivity contribution >= 4 is 39.7 Å². The van der Waals surface area contributed by atoms with Gasteiger partial charge in [-0.15, -0.1) is 0 Å². The molecule has 7 heteroatoms. The molecule has 0 atom stereocenters. The van der Waals surface area contributed by atoms with Crippen LogP contribution in [0.25, 0.3) is 10.9 Å². The Morgan fingerprint density at radius 1 is 1.24 bits per heavy atom. The van der Waals surface area contributed by atoms with Gasteiger partial charge in [-0.25, -0.2) is 14.4 Å². The molecule has 0 bridgehead atoms. The normalized spacial score (nSPS) is 13.8. The predicted molar refractivity (Wildman–Crippen MR) is 96.9 cm³/mol. The highest BCUT2D eigenvalue weighted by molar-refractivity contribution is 6.31. The predicted octanol–water partition coefficient (Wildman–Crippen LogP) is 4.54. The number of rotatable bonds is 5. The van der Waals surface area contributed by atoms with Crippen LogP contribution in [0.5, 0.6) is 5.75 Å². The maximum atomic E-state index is 13.3. The molecule has 1 heterocycles. The van der Waals surface area contributed by atoms with Gasteiger partial charge in [0, 0.05) is 17.1 Å². The van der Waals surface area contributed by atoms with Crippen LogP contribution in [0.4, 0.5) is 21.6 Å². The summed E-state index contributed by atoms with van der Waals surface area (Å²) in [7, 11) is 0. The minimum absolute atomic E-state index is 0.0404. The summed E-state index contributed by atoms with van der Waals surface area (Å²) in [5.74, 6) is 1.37. The lowest BCUT2D eigenvalue weighted by Gasteiger charge is -2.12. The van der Waals surface area contributed by atoms with E-state index in [0.29, 0.717) is 41.0 Å². The average molecular weight is 359 g/mol. The molecule has 0 unspecified atom stereocenters. The number of fused-ring (bicyclic) bond motifs is 1. The zero-order valence-electron chi connectivity index (χ0n) is 13.3. The molecule has 0 saturated heterocycles. The first-order chi connectivity index (χ1) is 12.1. The first kappa shape index (κ1) is 15.9. The number of benzene rings is 2. The van der Waals surface area contributed by atoms with E-state index in [0.717, 1.165) is 5.39 Å². The third-order valence-corrected chi connectivity index (χ3v) is 4.41. The maximum Gasteiger partial charge on any atom is 0.144 e. The van der Waals surface area contributed by atoms with Gasteiger partial charge in [0.25, 0.3) is 0 Å². The minimum Gasteiger partial charge on any atom is -0.491 e. The van der Waals surface area contributed by atoms with Gasteiger partial charge in [-0.2, -0.15) is 0 Å². The molecule has 1 saturated carbocycles. The molecule has 5 nitrogen and oxygen atoms in total. The van der Waals surface area contributed by atoms with E-state index in [9.17, 15) is 4.39 Å². The molecule has 4 rings (SSSR count). The zero-order chi connectivity index (χ0) is 17.4. The van der Waals surface area contributed by atoms with Crippen LogP contribution < -0.4 is 15.8 Å². The van der Waals surface area contributed by atoms with Crippen molar-refractivity contribution in [3.8, 4) is 5.75 Å². The average Bonchev–Trinajstić information content (AvgIpc) is 3.41. The Morgan fingerprint density at radius 3 is 2.84 bits per heavy atom. The Bertz CT molecular complexity index is 946. The summed E-state index contributed by atoms with van der Waals surface area (Å²) in [6.45, 7) is 0.681. The summed E-state index contributed by atoms with van der Waals surface area (Å²) in [5.41, 5.74) is 7.99. The Morgan fingerprint density at radius 2 is 2.08 bits per heavy atom. The van der Waals surface area contributed by atoms with Crippen LogP contribution in [0.2, 0.25) is 5.02 Å². The number of ether oxygens (including phenoxy) is 1. The van der Waals surface area contributed by atoms with Gasteiger partial charge >= 0.3 is 0 Å². The van der Waals surface area contributed by atoms with Crippen LogP contribution >= 0.6 is 11.6 Å². The molecule has 3 N–H and O–H groups in total. The molecule has 128 valence electrons. The smallest absolute Gasteiger partial charge is 0.144 e.